The van der Waals surface area contributed by atoms with E-state index in [1.807, 2.05) is 0 Å². The lowest BCUT2D eigenvalue weighted by Crippen LogP contribution is -2.22. The van der Waals surface area contributed by atoms with Crippen LogP contribution in [0.3, 0.4) is 0 Å². The van der Waals surface area contributed by atoms with Gasteiger partial charge in [-0.1, -0.05) is 0 Å². The van der Waals surface area contributed by atoms with Gasteiger partial charge in [-0.15, -0.1) is 0 Å². The van der Waals surface area contributed by atoms with E-state index in [1.165, 1.54) is 29.1 Å². The van der Waals surface area contributed by atoms with Gasteiger partial charge in [-0.05, 0) is 37.6 Å². The van der Waals surface area contributed by atoms with E-state index in [0.29, 0.717) is 11.3 Å². The molecule has 0 aliphatic heterocycles. The average Bonchev–Trinajstić information content (AvgIpc) is 2.38. The maximum atomic E-state index is 13.4. The number of halogens is 1. The molecule has 0 amide bonds. The van der Waals surface area contributed by atoms with Crippen LogP contribution in [0.4, 0.5) is 4.39 Å². The Kier molecular flexibility index (Phi) is 3.93. The first-order valence-electron chi connectivity index (χ1n) is 6.06. The van der Waals surface area contributed by atoms with E-state index in [4.69, 9.17) is 4.74 Å². The molecular weight excluding hydrogens is 263 g/mol. The summed E-state index contributed by atoms with van der Waals surface area (Å²) in [5, 5.41) is 3.91. The molecule has 0 N–H and O–H groups in total. The number of aryl methyl sites for hydroxylation is 1. The van der Waals surface area contributed by atoms with Crippen LogP contribution in [0.2, 0.25) is 0 Å². The molecule has 104 valence electrons. The summed E-state index contributed by atoms with van der Waals surface area (Å²) in [6.45, 7) is 3.52. The first-order valence-corrected chi connectivity index (χ1v) is 6.06. The monoisotopic (exact) mass is 276 g/mol. The summed E-state index contributed by atoms with van der Waals surface area (Å²) in [5.74, 6) is -1.21. The van der Waals surface area contributed by atoms with Gasteiger partial charge in [0.2, 0.25) is 11.1 Å². The maximum Gasteiger partial charge on any atom is 0.362 e. The Bertz CT molecular complexity index is 690. The number of esters is 1. The van der Waals surface area contributed by atoms with Crippen LogP contribution in [-0.4, -0.2) is 22.4 Å². The highest BCUT2D eigenvalue weighted by molar-refractivity contribution is 5.86. The van der Waals surface area contributed by atoms with Crippen molar-refractivity contribution in [1.29, 1.82) is 0 Å². The van der Waals surface area contributed by atoms with E-state index < -0.39 is 17.2 Å². The Balaban J connectivity index is 2.51. The number of benzene rings is 1. The van der Waals surface area contributed by atoms with Crippen molar-refractivity contribution >= 4 is 5.97 Å². The van der Waals surface area contributed by atoms with E-state index in [1.54, 1.807) is 19.9 Å². The molecule has 0 fully saturated rings. The Morgan fingerprint density at radius 1 is 1.40 bits per heavy atom. The number of carbonyl (C=O) groups excluding carboxylic acids is 1. The number of aromatic nitrogens is 2. The molecule has 0 radical (unpaired) electrons. The first kappa shape index (κ1) is 13.9. The molecule has 1 aromatic heterocycles. The molecule has 0 aliphatic rings. The Morgan fingerprint density at radius 3 is 2.80 bits per heavy atom. The lowest BCUT2D eigenvalue weighted by atomic mass is 10.2. The third kappa shape index (κ3) is 2.90. The predicted molar refractivity (Wildman–Crippen MR) is 70.5 cm³/mol. The topological polar surface area (TPSA) is 61.2 Å². The van der Waals surface area contributed by atoms with E-state index >= 15 is 0 Å². The predicted octanol–water partition coefficient (Wildman–Crippen LogP) is 1.86. The minimum atomic E-state index is -0.792. The molecule has 0 unspecified atom stereocenters. The molecule has 0 saturated carbocycles. The third-order valence-corrected chi connectivity index (χ3v) is 2.57. The molecule has 5 nitrogen and oxygen atoms in total. The zero-order valence-corrected chi connectivity index (χ0v) is 11.1. The van der Waals surface area contributed by atoms with Crippen LogP contribution in [0.15, 0.2) is 35.3 Å². The molecule has 1 heterocycles. The van der Waals surface area contributed by atoms with Crippen molar-refractivity contribution in [3.63, 3.8) is 0 Å². The van der Waals surface area contributed by atoms with Crippen molar-refractivity contribution < 1.29 is 13.9 Å². The molecule has 0 saturated heterocycles. The molecule has 0 spiro atoms. The normalized spacial score (nSPS) is 10.3. The van der Waals surface area contributed by atoms with Crippen LogP contribution in [0.1, 0.15) is 23.0 Å². The van der Waals surface area contributed by atoms with Gasteiger partial charge in [-0.2, -0.15) is 5.10 Å². The minimum absolute atomic E-state index is 0.147. The van der Waals surface area contributed by atoms with Gasteiger partial charge in [0.05, 0.1) is 12.3 Å². The molecule has 0 aliphatic carbocycles. The second kappa shape index (κ2) is 5.64. The van der Waals surface area contributed by atoms with Gasteiger partial charge in [0.15, 0.2) is 0 Å². The van der Waals surface area contributed by atoms with Crippen molar-refractivity contribution in [1.82, 2.24) is 9.78 Å². The number of carbonyl (C=O) groups is 1. The van der Waals surface area contributed by atoms with Gasteiger partial charge in [0, 0.05) is 12.3 Å². The molecule has 1 aromatic carbocycles. The molecule has 6 heteroatoms. The van der Waals surface area contributed by atoms with Gasteiger partial charge in [-0.3, -0.25) is 4.79 Å². The largest absolute Gasteiger partial charge is 0.461 e. The zero-order chi connectivity index (χ0) is 14.7. The number of hydrogen-bond donors (Lipinski definition) is 0. The highest BCUT2D eigenvalue weighted by Crippen LogP contribution is 2.11. The van der Waals surface area contributed by atoms with Crippen molar-refractivity contribution in [3.8, 4) is 5.69 Å². The quantitative estimate of drug-likeness (QED) is 0.803. The minimum Gasteiger partial charge on any atom is -0.461 e. The number of nitrogens with zero attached hydrogens (tertiary/aromatic N) is 2. The number of ether oxygens (including phenoxy) is 1. The summed E-state index contributed by atoms with van der Waals surface area (Å²) >= 11 is 0. The zero-order valence-electron chi connectivity index (χ0n) is 11.1. The molecule has 0 bridgehead atoms. The Hall–Kier alpha value is -2.50. The summed E-state index contributed by atoms with van der Waals surface area (Å²) in [7, 11) is 0. The Morgan fingerprint density at radius 2 is 2.15 bits per heavy atom. The van der Waals surface area contributed by atoms with Crippen LogP contribution in [0.25, 0.3) is 5.69 Å². The summed E-state index contributed by atoms with van der Waals surface area (Å²) in [4.78, 5) is 23.2. The standard InChI is InChI=1S/C14H13FN2O3/c1-3-20-14(19)13-12(18)4-5-17(16-13)11-7-9(2)6-10(15)8-11/h4-8H,3H2,1-2H3. The fraction of sp³-hybridized carbons (Fsp3) is 0.214. The van der Waals surface area contributed by atoms with Crippen LogP contribution in [-0.2, 0) is 4.74 Å². The van der Waals surface area contributed by atoms with Gasteiger partial charge >= 0.3 is 5.97 Å². The van der Waals surface area contributed by atoms with Crippen molar-refractivity contribution in [2.45, 2.75) is 13.8 Å². The lowest BCUT2D eigenvalue weighted by molar-refractivity contribution is 0.0515. The van der Waals surface area contributed by atoms with Crippen LogP contribution >= 0.6 is 0 Å². The molecule has 20 heavy (non-hydrogen) atoms. The van der Waals surface area contributed by atoms with Crippen LogP contribution in [0.5, 0.6) is 0 Å². The van der Waals surface area contributed by atoms with Gasteiger partial charge in [0.1, 0.15) is 5.82 Å². The highest BCUT2D eigenvalue weighted by atomic mass is 19.1. The van der Waals surface area contributed by atoms with E-state index in [2.05, 4.69) is 5.10 Å². The van der Waals surface area contributed by atoms with Crippen molar-refractivity contribution in [2.24, 2.45) is 0 Å². The van der Waals surface area contributed by atoms with E-state index in [9.17, 15) is 14.0 Å². The summed E-state index contributed by atoms with van der Waals surface area (Å²) in [5.41, 5.74) is 0.273. The van der Waals surface area contributed by atoms with Gasteiger partial charge < -0.3 is 4.74 Å². The maximum absolute atomic E-state index is 13.4. The van der Waals surface area contributed by atoms with Gasteiger partial charge in [-0.25, -0.2) is 13.9 Å². The molecule has 0 atom stereocenters. The first-order chi connectivity index (χ1) is 9.51. The fourth-order valence-corrected chi connectivity index (χ4v) is 1.74. The van der Waals surface area contributed by atoms with E-state index in [-0.39, 0.29) is 12.3 Å². The fourth-order valence-electron chi connectivity index (χ4n) is 1.74. The average molecular weight is 276 g/mol. The van der Waals surface area contributed by atoms with Crippen LogP contribution < -0.4 is 5.43 Å². The second-order valence-electron chi connectivity index (χ2n) is 4.18. The summed E-state index contributed by atoms with van der Waals surface area (Å²) in [6, 6.07) is 5.52. The summed E-state index contributed by atoms with van der Waals surface area (Å²) in [6.07, 6.45) is 1.37. The number of hydrogen-bond acceptors (Lipinski definition) is 4. The second-order valence-corrected chi connectivity index (χ2v) is 4.18. The smallest absolute Gasteiger partial charge is 0.362 e. The van der Waals surface area contributed by atoms with Crippen molar-refractivity contribution in [3.05, 3.63) is 57.8 Å². The van der Waals surface area contributed by atoms with Crippen molar-refractivity contribution in [2.75, 3.05) is 6.61 Å². The van der Waals surface area contributed by atoms with Gasteiger partial charge in [0.25, 0.3) is 0 Å². The third-order valence-electron chi connectivity index (χ3n) is 2.57. The highest BCUT2D eigenvalue weighted by Gasteiger charge is 2.14. The van der Waals surface area contributed by atoms with E-state index in [0.717, 1.165) is 0 Å². The molecule has 2 rings (SSSR count). The Labute approximate surface area is 114 Å². The lowest BCUT2D eigenvalue weighted by Gasteiger charge is -2.08. The van der Waals surface area contributed by atoms with Crippen LogP contribution in [0, 0.1) is 12.7 Å². The molecular formula is C14H13FN2O3. The number of rotatable bonds is 3. The summed E-state index contributed by atoms with van der Waals surface area (Å²) < 4.78 is 19.4. The SMILES string of the molecule is CCOC(=O)c1nn(-c2cc(C)cc(F)c2)ccc1=O. The molecule has 2 aromatic rings.